The predicted octanol–water partition coefficient (Wildman–Crippen LogP) is 3.63. The summed E-state index contributed by atoms with van der Waals surface area (Å²) in [5.41, 5.74) is -4.33. The molecule has 13 nitrogen and oxygen atoms in total. The number of carbonyl (C=O) groups excluding carboxylic acids is 1. The summed E-state index contributed by atoms with van der Waals surface area (Å²) in [5, 5.41) is 58.3. The minimum Gasteiger partial charge on any atom is -0.459 e. The standard InChI is InChI=1S/C40H75NO12/c1-15-29-40(12,47)33(43)23(5)16-22(4)18-38(10,46)35(53-37-31(42)28(17-24(6)49-37)41(13)20-21(2)3)25(7)32(26(8)36(45)51-29)52-30-19-39(11,48-14)34(44)27(9)50-30/h21-35,37,42-44,46-47H,15-20H2,1-14H3/t22-,23-,24+,25-,26+,27-,28-,29+,30-,31+,32-,33+,34-,35+,37-,38-,39+,40+/m0/s1. The number of hydrogen-bond acceptors (Lipinski definition) is 13. The van der Waals surface area contributed by atoms with Crippen molar-refractivity contribution in [1.82, 2.24) is 4.90 Å². The summed E-state index contributed by atoms with van der Waals surface area (Å²) >= 11 is 0. The van der Waals surface area contributed by atoms with Gasteiger partial charge in [-0.25, -0.2) is 0 Å². The fraction of sp³-hybridized carbons (Fsp3) is 0.975. The van der Waals surface area contributed by atoms with Gasteiger partial charge < -0.3 is 58.9 Å². The highest BCUT2D eigenvalue weighted by atomic mass is 16.7. The first-order valence-electron chi connectivity index (χ1n) is 20.0. The Morgan fingerprint density at radius 2 is 1.55 bits per heavy atom. The number of rotatable bonds is 9. The van der Waals surface area contributed by atoms with E-state index in [0.29, 0.717) is 18.8 Å². The molecule has 18 atom stereocenters. The van der Waals surface area contributed by atoms with Crippen molar-refractivity contribution < 1.29 is 58.7 Å². The number of likely N-dealkylation sites (N-methyl/N-ethyl adjacent to an activating group) is 1. The number of cyclic esters (lactones) is 1. The Morgan fingerprint density at radius 3 is 2.11 bits per heavy atom. The molecular weight excluding hydrogens is 686 g/mol. The molecule has 3 rings (SSSR count). The maximum Gasteiger partial charge on any atom is 0.311 e. The van der Waals surface area contributed by atoms with E-state index in [1.165, 1.54) is 14.0 Å². The third-order valence-corrected chi connectivity index (χ3v) is 12.3. The molecule has 0 aromatic carbocycles. The number of aliphatic hydroxyl groups excluding tert-OH is 3. The van der Waals surface area contributed by atoms with Crippen LogP contribution in [0.25, 0.3) is 0 Å². The largest absolute Gasteiger partial charge is 0.459 e. The van der Waals surface area contributed by atoms with E-state index in [-0.39, 0.29) is 37.3 Å². The lowest BCUT2D eigenvalue weighted by Gasteiger charge is -2.49. The quantitative estimate of drug-likeness (QED) is 0.216. The molecule has 13 heteroatoms. The Balaban J connectivity index is 2.14. The van der Waals surface area contributed by atoms with Crippen molar-refractivity contribution in [2.75, 3.05) is 20.7 Å². The maximum absolute atomic E-state index is 14.2. The summed E-state index contributed by atoms with van der Waals surface area (Å²) in [4.78, 5) is 16.3. The summed E-state index contributed by atoms with van der Waals surface area (Å²) < 4.78 is 37.7. The van der Waals surface area contributed by atoms with Gasteiger partial charge in [-0.2, -0.15) is 0 Å². The molecule has 0 bridgehead atoms. The summed E-state index contributed by atoms with van der Waals surface area (Å²) in [6.45, 7) is 22.7. The zero-order valence-electron chi connectivity index (χ0n) is 35.0. The van der Waals surface area contributed by atoms with Crippen LogP contribution >= 0.6 is 0 Å². The van der Waals surface area contributed by atoms with Crippen LogP contribution < -0.4 is 0 Å². The molecule has 312 valence electrons. The highest BCUT2D eigenvalue weighted by molar-refractivity contribution is 5.73. The molecule has 0 unspecified atom stereocenters. The fourth-order valence-electron chi connectivity index (χ4n) is 9.34. The molecule has 3 fully saturated rings. The number of aliphatic hydroxyl groups is 5. The van der Waals surface area contributed by atoms with Gasteiger partial charge in [0.2, 0.25) is 0 Å². The van der Waals surface area contributed by atoms with Crippen molar-refractivity contribution in [2.45, 2.75) is 199 Å². The van der Waals surface area contributed by atoms with Gasteiger partial charge in [0.15, 0.2) is 12.6 Å². The SMILES string of the molecule is CC[C@H]1OC(=O)[C@H](C)[C@@H](O[C@H]2C[C@@](C)(OC)[C@@H](O)[C@H](C)O2)[C@H](C)[C@@H](O[C@@H]2O[C@H](C)C[C@H](N(C)CC(C)C)[C@H]2O)[C@@](C)(O)C[C@@H](C)C[C@H](C)[C@@H](O)[C@]1(C)O. The van der Waals surface area contributed by atoms with Crippen LogP contribution in [0.15, 0.2) is 0 Å². The summed E-state index contributed by atoms with van der Waals surface area (Å²) in [6.07, 6.45) is -7.58. The van der Waals surface area contributed by atoms with Crippen LogP contribution in [0.1, 0.15) is 115 Å². The molecule has 3 saturated heterocycles. The van der Waals surface area contributed by atoms with Crippen LogP contribution in [-0.2, 0) is 33.2 Å². The van der Waals surface area contributed by atoms with Crippen molar-refractivity contribution in [3.05, 3.63) is 0 Å². The van der Waals surface area contributed by atoms with Crippen LogP contribution in [-0.4, -0.2) is 141 Å². The Labute approximate surface area is 319 Å². The van der Waals surface area contributed by atoms with E-state index >= 15 is 0 Å². The van der Waals surface area contributed by atoms with E-state index in [1.807, 2.05) is 34.7 Å². The maximum atomic E-state index is 14.2. The zero-order chi connectivity index (χ0) is 40.4. The van der Waals surface area contributed by atoms with Crippen LogP contribution in [0.4, 0.5) is 0 Å². The predicted molar refractivity (Wildman–Crippen MR) is 200 cm³/mol. The van der Waals surface area contributed by atoms with Gasteiger partial charge in [0, 0.05) is 32.0 Å². The van der Waals surface area contributed by atoms with E-state index in [2.05, 4.69) is 18.7 Å². The second kappa shape index (κ2) is 18.5. The third kappa shape index (κ3) is 10.9. The van der Waals surface area contributed by atoms with Crippen molar-refractivity contribution in [2.24, 2.45) is 29.6 Å². The molecule has 3 aliphatic heterocycles. The molecule has 3 heterocycles. The van der Waals surface area contributed by atoms with Gasteiger partial charge in [0.25, 0.3) is 0 Å². The van der Waals surface area contributed by atoms with Crippen LogP contribution in [0.3, 0.4) is 0 Å². The molecule has 0 aromatic rings. The first-order valence-corrected chi connectivity index (χ1v) is 20.0. The monoisotopic (exact) mass is 762 g/mol. The van der Waals surface area contributed by atoms with Gasteiger partial charge in [0.05, 0.1) is 47.6 Å². The normalized spacial score (nSPS) is 48.4. The molecular formula is C40H75NO12. The first kappa shape index (κ1) is 46.4. The first-order chi connectivity index (χ1) is 24.4. The van der Waals surface area contributed by atoms with Crippen molar-refractivity contribution >= 4 is 5.97 Å². The summed E-state index contributed by atoms with van der Waals surface area (Å²) in [7, 11) is 3.49. The third-order valence-electron chi connectivity index (χ3n) is 12.3. The van der Waals surface area contributed by atoms with Crippen LogP contribution in [0.2, 0.25) is 0 Å². The van der Waals surface area contributed by atoms with Gasteiger partial charge in [-0.05, 0) is 92.0 Å². The van der Waals surface area contributed by atoms with Gasteiger partial charge in [-0.15, -0.1) is 0 Å². The molecule has 0 spiro atoms. The van der Waals surface area contributed by atoms with E-state index < -0.39 is 95.8 Å². The van der Waals surface area contributed by atoms with Gasteiger partial charge >= 0.3 is 5.97 Å². The minimum atomic E-state index is -1.76. The van der Waals surface area contributed by atoms with Crippen molar-refractivity contribution in [1.29, 1.82) is 0 Å². The van der Waals surface area contributed by atoms with Gasteiger partial charge in [-0.1, -0.05) is 41.5 Å². The number of carbonyl (C=O) groups is 1. The molecule has 3 aliphatic rings. The van der Waals surface area contributed by atoms with Gasteiger partial charge in [0.1, 0.15) is 23.9 Å². The number of ether oxygens (including phenoxy) is 6. The minimum absolute atomic E-state index is 0.140. The molecule has 0 radical (unpaired) electrons. The van der Waals surface area contributed by atoms with Crippen molar-refractivity contribution in [3.8, 4) is 0 Å². The lowest BCUT2D eigenvalue weighted by Crippen LogP contribution is -2.61. The lowest BCUT2D eigenvalue weighted by atomic mass is 9.74. The Morgan fingerprint density at radius 1 is 0.925 bits per heavy atom. The van der Waals surface area contributed by atoms with Crippen LogP contribution in [0.5, 0.6) is 0 Å². The van der Waals surface area contributed by atoms with E-state index in [9.17, 15) is 30.3 Å². The average Bonchev–Trinajstić information content (AvgIpc) is 3.06. The lowest BCUT2D eigenvalue weighted by molar-refractivity contribution is -0.318. The molecule has 0 aromatic heterocycles. The van der Waals surface area contributed by atoms with E-state index in [4.69, 9.17) is 28.4 Å². The number of nitrogens with zero attached hydrogens (tertiary/aromatic N) is 1. The van der Waals surface area contributed by atoms with E-state index in [0.717, 1.165) is 6.54 Å². The number of methoxy groups -OCH3 is 1. The summed E-state index contributed by atoms with van der Waals surface area (Å²) in [6, 6.07) is -0.263. The number of hydrogen-bond donors (Lipinski definition) is 5. The Kier molecular flexibility index (Phi) is 16.2. The van der Waals surface area contributed by atoms with E-state index in [1.54, 1.807) is 34.6 Å². The average molecular weight is 762 g/mol. The second-order valence-electron chi connectivity index (χ2n) is 18.1. The van der Waals surface area contributed by atoms with Gasteiger partial charge in [-0.3, -0.25) is 4.79 Å². The molecule has 0 amide bonds. The smallest absolute Gasteiger partial charge is 0.311 e. The molecule has 0 aliphatic carbocycles. The highest BCUT2D eigenvalue weighted by Crippen LogP contribution is 2.41. The molecule has 0 saturated carbocycles. The molecule has 53 heavy (non-hydrogen) atoms. The van der Waals surface area contributed by atoms with Crippen molar-refractivity contribution in [3.63, 3.8) is 0 Å². The summed E-state index contributed by atoms with van der Waals surface area (Å²) in [5.74, 6) is -2.59. The molecule has 5 N–H and O–H groups in total. The Hall–Kier alpha value is -0.970. The van der Waals surface area contributed by atoms with Crippen LogP contribution in [0, 0.1) is 29.6 Å². The second-order valence-corrected chi connectivity index (χ2v) is 18.1. The highest BCUT2D eigenvalue weighted by Gasteiger charge is 2.52. The zero-order valence-corrected chi connectivity index (χ0v) is 35.0. The number of esters is 1. The topological polar surface area (TPSA) is 177 Å². The fourth-order valence-corrected chi connectivity index (χ4v) is 9.34. The Bertz CT molecular complexity index is 1150.